The molecule has 0 radical (unpaired) electrons. The van der Waals surface area contributed by atoms with Gasteiger partial charge in [-0.1, -0.05) is 44.3 Å². The maximum atomic E-state index is 11.1. The summed E-state index contributed by atoms with van der Waals surface area (Å²) in [4.78, 5) is 0. The van der Waals surface area contributed by atoms with Gasteiger partial charge in [0.05, 0.1) is 11.1 Å². The summed E-state index contributed by atoms with van der Waals surface area (Å²) in [6.45, 7) is 3.92. The number of allylic oxidation sites excluding steroid dienone is 2. The fourth-order valence-corrected chi connectivity index (χ4v) is 5.22. The van der Waals surface area contributed by atoms with Gasteiger partial charge in [0.1, 0.15) is 28.6 Å². The van der Waals surface area contributed by atoms with E-state index >= 15 is 0 Å². The van der Waals surface area contributed by atoms with E-state index in [4.69, 9.17) is 4.74 Å². The third kappa shape index (κ3) is 6.22. The first-order valence-electron chi connectivity index (χ1n) is 13.3. The van der Waals surface area contributed by atoms with E-state index in [1.54, 1.807) is 18.2 Å². The highest BCUT2D eigenvalue weighted by Crippen LogP contribution is 2.51. The van der Waals surface area contributed by atoms with Crippen LogP contribution in [0.1, 0.15) is 94.7 Å². The lowest BCUT2D eigenvalue weighted by Crippen LogP contribution is -2.28. The van der Waals surface area contributed by atoms with Gasteiger partial charge in [0.2, 0.25) is 0 Å². The average molecular weight is 477 g/mol. The number of phenolic OH excluding ortho intramolecular Hbond substituents is 3. The zero-order valence-electron chi connectivity index (χ0n) is 21.3. The molecule has 3 aliphatic rings. The number of aryl methyl sites for hydroxylation is 2. The quantitative estimate of drug-likeness (QED) is 0.335. The van der Waals surface area contributed by atoms with Gasteiger partial charge in [-0.05, 0) is 100 Å². The van der Waals surface area contributed by atoms with Crippen LogP contribution in [0, 0.1) is 0 Å². The Morgan fingerprint density at radius 3 is 2.03 bits per heavy atom. The van der Waals surface area contributed by atoms with Crippen molar-refractivity contribution >= 4 is 6.08 Å². The van der Waals surface area contributed by atoms with Gasteiger partial charge in [-0.2, -0.15) is 0 Å². The summed E-state index contributed by atoms with van der Waals surface area (Å²) in [6, 6.07) is 5.33. The van der Waals surface area contributed by atoms with Crippen LogP contribution in [0.2, 0.25) is 0 Å². The zero-order chi connectivity index (χ0) is 24.8. The molecule has 4 heteroatoms. The van der Waals surface area contributed by atoms with Gasteiger partial charge in [-0.25, -0.2) is 0 Å². The lowest BCUT2D eigenvalue weighted by molar-refractivity contribution is 0.159. The molecule has 0 saturated carbocycles. The molecular weight excluding hydrogens is 436 g/mol. The maximum absolute atomic E-state index is 11.1. The van der Waals surface area contributed by atoms with Crippen molar-refractivity contribution in [3.8, 4) is 34.1 Å². The number of rotatable bonds is 0. The summed E-state index contributed by atoms with van der Waals surface area (Å²) in [5, 5.41) is 33.1. The van der Waals surface area contributed by atoms with E-state index in [9.17, 15) is 15.3 Å². The largest absolute Gasteiger partial charge is 0.507 e. The van der Waals surface area contributed by atoms with Crippen molar-refractivity contribution in [3.63, 3.8) is 0 Å². The minimum atomic E-state index is -0.564. The Morgan fingerprint density at radius 1 is 0.686 bits per heavy atom. The predicted octanol–water partition coefficient (Wildman–Crippen LogP) is 8.21. The van der Waals surface area contributed by atoms with Gasteiger partial charge in [-0.3, -0.25) is 0 Å². The first-order chi connectivity index (χ1) is 16.9. The summed E-state index contributed by atoms with van der Waals surface area (Å²) in [5.74, 6) is 0.786. The summed E-state index contributed by atoms with van der Waals surface area (Å²) < 4.78 is 6.34. The third-order valence-electron chi connectivity index (χ3n) is 7.12. The Kier molecular flexibility index (Phi) is 8.10. The molecule has 1 aliphatic heterocycles. The number of phenols is 3. The van der Waals surface area contributed by atoms with Crippen LogP contribution >= 0.6 is 0 Å². The molecular formula is C31H40O4. The molecule has 0 saturated heterocycles. The number of aromatic hydroxyl groups is 3. The van der Waals surface area contributed by atoms with Crippen LogP contribution in [0.5, 0.6) is 23.0 Å². The topological polar surface area (TPSA) is 69.9 Å². The lowest BCUT2D eigenvalue weighted by atomic mass is 9.88. The average Bonchev–Trinajstić information content (AvgIpc) is 2.79. The second-order valence-corrected chi connectivity index (χ2v) is 10.6. The molecule has 4 nitrogen and oxygen atoms in total. The molecule has 188 valence electrons. The van der Waals surface area contributed by atoms with Crippen molar-refractivity contribution < 1.29 is 20.1 Å². The molecule has 5 rings (SSSR count). The monoisotopic (exact) mass is 476 g/mol. The van der Waals surface area contributed by atoms with Crippen LogP contribution in [0.3, 0.4) is 0 Å². The lowest BCUT2D eigenvalue weighted by Gasteiger charge is -2.31. The predicted molar refractivity (Wildman–Crippen MR) is 143 cm³/mol. The first kappa shape index (κ1) is 25.2. The molecule has 35 heavy (non-hydrogen) atoms. The van der Waals surface area contributed by atoms with Crippen molar-refractivity contribution in [1.82, 2.24) is 0 Å². The molecule has 0 spiro atoms. The van der Waals surface area contributed by atoms with Crippen LogP contribution < -0.4 is 4.74 Å². The first-order valence-corrected chi connectivity index (χ1v) is 13.3. The van der Waals surface area contributed by atoms with E-state index in [1.807, 2.05) is 26.0 Å². The van der Waals surface area contributed by atoms with Gasteiger partial charge in [0.25, 0.3) is 0 Å². The minimum absolute atomic E-state index is 0.0550. The van der Waals surface area contributed by atoms with Crippen molar-refractivity contribution in [1.29, 1.82) is 0 Å². The van der Waals surface area contributed by atoms with E-state index in [0.717, 1.165) is 49.7 Å². The summed E-state index contributed by atoms with van der Waals surface area (Å²) in [5.41, 5.74) is 2.89. The Labute approximate surface area is 210 Å². The number of fused-ring (bicyclic) bond motifs is 15. The third-order valence-corrected chi connectivity index (χ3v) is 7.12. The number of ether oxygens (including phenoxy) is 1. The Balaban J connectivity index is 1.77. The molecule has 0 atom stereocenters. The highest BCUT2D eigenvalue weighted by atomic mass is 16.5. The molecule has 2 bridgehead atoms. The van der Waals surface area contributed by atoms with E-state index < -0.39 is 5.60 Å². The van der Waals surface area contributed by atoms with Crippen LogP contribution in [0.15, 0.2) is 36.4 Å². The Morgan fingerprint density at radius 2 is 1.31 bits per heavy atom. The van der Waals surface area contributed by atoms with Crippen molar-refractivity contribution in [2.24, 2.45) is 0 Å². The van der Waals surface area contributed by atoms with Crippen LogP contribution in [-0.4, -0.2) is 20.9 Å². The fourth-order valence-electron chi connectivity index (χ4n) is 5.22. The molecule has 0 unspecified atom stereocenters. The van der Waals surface area contributed by atoms with Crippen molar-refractivity contribution in [2.45, 2.75) is 96.5 Å². The molecule has 2 aliphatic carbocycles. The zero-order valence-corrected chi connectivity index (χ0v) is 21.3. The number of benzene rings is 2. The standard InChI is InChI=1S/C31H40O4/c1-31(2)18-17-24-25(32)21-23-16-14-12-10-8-6-4-3-5-7-9-11-13-15-22-19-26(33)29(27(34)20-22)28(23)30(24)35-31/h8,10,17-21,32-34H,3-7,9,11-16H2,1-2H3. The molecule has 2 aromatic rings. The van der Waals surface area contributed by atoms with Gasteiger partial charge < -0.3 is 20.1 Å². The van der Waals surface area contributed by atoms with E-state index in [1.165, 1.54) is 32.1 Å². The molecule has 2 aromatic carbocycles. The van der Waals surface area contributed by atoms with Gasteiger partial charge in [0, 0.05) is 5.56 Å². The Hall–Kier alpha value is -2.88. The number of hydrogen-bond acceptors (Lipinski definition) is 4. The molecule has 1 heterocycles. The summed E-state index contributed by atoms with van der Waals surface area (Å²) in [7, 11) is 0. The van der Waals surface area contributed by atoms with Crippen molar-refractivity contribution in [3.05, 3.63) is 53.1 Å². The fraction of sp³-hybridized carbons (Fsp3) is 0.484. The second kappa shape index (κ2) is 11.2. The van der Waals surface area contributed by atoms with Crippen LogP contribution in [0.25, 0.3) is 17.2 Å². The van der Waals surface area contributed by atoms with Gasteiger partial charge in [-0.15, -0.1) is 0 Å². The Bertz CT molecular complexity index is 1070. The van der Waals surface area contributed by atoms with Crippen molar-refractivity contribution in [2.75, 3.05) is 0 Å². The van der Waals surface area contributed by atoms with Crippen LogP contribution in [0.4, 0.5) is 0 Å². The van der Waals surface area contributed by atoms with Crippen LogP contribution in [-0.2, 0) is 12.8 Å². The van der Waals surface area contributed by atoms with E-state index in [-0.39, 0.29) is 17.2 Å². The molecule has 0 aromatic heterocycles. The summed E-state index contributed by atoms with van der Waals surface area (Å²) in [6.07, 6.45) is 21.4. The smallest absolute Gasteiger partial charge is 0.139 e. The highest BCUT2D eigenvalue weighted by molar-refractivity contribution is 5.88. The van der Waals surface area contributed by atoms with Gasteiger partial charge in [0.15, 0.2) is 0 Å². The van der Waals surface area contributed by atoms with Gasteiger partial charge >= 0.3 is 0 Å². The molecule has 0 fully saturated rings. The van der Waals surface area contributed by atoms with E-state index in [0.29, 0.717) is 28.9 Å². The van der Waals surface area contributed by atoms with E-state index in [2.05, 4.69) is 12.2 Å². The maximum Gasteiger partial charge on any atom is 0.139 e. The molecule has 3 N–H and O–H groups in total. The number of hydrogen-bond donors (Lipinski definition) is 3. The second-order valence-electron chi connectivity index (χ2n) is 10.6. The highest BCUT2D eigenvalue weighted by Gasteiger charge is 2.30. The summed E-state index contributed by atoms with van der Waals surface area (Å²) >= 11 is 0. The normalized spacial score (nSPS) is 18.9. The molecule has 0 amide bonds. The minimum Gasteiger partial charge on any atom is -0.507 e. The SMILES string of the molecule is CC1(C)C=Cc2c(O)cc3c(c2O1)-c1c(O)cc(cc1O)CCCCCCCCCC=CCCC3.